The Morgan fingerprint density at radius 2 is 1.11 bits per heavy atom. The highest BCUT2D eigenvalue weighted by Crippen LogP contribution is 2.37. The number of nitrogens with zero attached hydrogens (tertiary/aromatic N) is 4. The Balaban J connectivity index is 0.963. The van der Waals surface area contributed by atoms with Crippen molar-refractivity contribution < 1.29 is 28.7 Å². The highest BCUT2D eigenvalue weighted by atomic mass is 16.6. The van der Waals surface area contributed by atoms with Crippen molar-refractivity contribution in [3.05, 3.63) is 132 Å². The Bertz CT molecular complexity index is 2610. The summed E-state index contributed by atoms with van der Waals surface area (Å²) >= 11 is 0. The number of benzene rings is 4. The summed E-state index contributed by atoms with van der Waals surface area (Å²) in [5.41, 5.74) is 5.34. The minimum absolute atomic E-state index is 0.219. The van der Waals surface area contributed by atoms with Crippen LogP contribution in [-0.2, 0) is 19.1 Å². The number of hydrogen-bond acceptors (Lipinski definition) is 8. The Labute approximate surface area is 373 Å². The van der Waals surface area contributed by atoms with Crippen LogP contribution in [0.15, 0.2) is 109 Å². The molecule has 332 valence electrons. The summed E-state index contributed by atoms with van der Waals surface area (Å²) in [4.78, 5) is 74.5. The van der Waals surface area contributed by atoms with Gasteiger partial charge in [0.15, 0.2) is 0 Å². The van der Waals surface area contributed by atoms with E-state index in [0.717, 1.165) is 59.1 Å². The van der Waals surface area contributed by atoms with Gasteiger partial charge in [-0.05, 0) is 107 Å². The number of amides is 4. The summed E-state index contributed by atoms with van der Waals surface area (Å²) in [7, 11) is 0. The predicted molar refractivity (Wildman–Crippen MR) is 244 cm³/mol. The minimum Gasteiger partial charge on any atom is -0.444 e. The molecule has 0 aliphatic carbocycles. The number of rotatable bonds is 10. The van der Waals surface area contributed by atoms with Gasteiger partial charge in [0, 0.05) is 13.1 Å². The Hall–Kier alpha value is -6.96. The maximum atomic E-state index is 14.2. The van der Waals surface area contributed by atoms with Gasteiger partial charge in [-0.2, -0.15) is 0 Å². The molecule has 14 heteroatoms. The van der Waals surface area contributed by atoms with Crippen molar-refractivity contribution in [3.8, 4) is 22.4 Å². The normalized spacial score (nSPS) is 17.5. The molecule has 2 aliphatic heterocycles. The van der Waals surface area contributed by atoms with Crippen LogP contribution < -0.4 is 10.6 Å². The van der Waals surface area contributed by atoms with Gasteiger partial charge in [0.1, 0.15) is 34.9 Å². The molecular weight excluding hydrogens is 809 g/mol. The number of nitrogens with one attached hydrogen (secondary N) is 4. The van der Waals surface area contributed by atoms with Crippen LogP contribution in [0.2, 0.25) is 0 Å². The summed E-state index contributed by atoms with van der Waals surface area (Å²) < 4.78 is 11.1. The summed E-state index contributed by atoms with van der Waals surface area (Å²) in [6.07, 6.45) is 3.56. The number of aromatic amines is 2. The van der Waals surface area contributed by atoms with Crippen molar-refractivity contribution in [1.29, 1.82) is 0 Å². The molecule has 4 amide bonds. The third kappa shape index (κ3) is 9.96. The van der Waals surface area contributed by atoms with Crippen LogP contribution >= 0.6 is 0 Å². The largest absolute Gasteiger partial charge is 0.444 e. The second-order valence-electron chi connectivity index (χ2n) is 18.5. The van der Waals surface area contributed by atoms with Gasteiger partial charge in [0.2, 0.25) is 0 Å². The number of alkyl carbamates (subject to hydrolysis) is 2. The van der Waals surface area contributed by atoms with Crippen molar-refractivity contribution >= 4 is 35.0 Å². The van der Waals surface area contributed by atoms with Crippen LogP contribution in [0.5, 0.6) is 0 Å². The number of ether oxygens (including phenoxy) is 2. The molecule has 0 saturated carbocycles. The monoisotopic (exact) mass is 864 g/mol. The van der Waals surface area contributed by atoms with E-state index in [4.69, 9.17) is 19.4 Å². The van der Waals surface area contributed by atoms with Crippen LogP contribution in [0.3, 0.4) is 0 Å². The zero-order valence-corrected chi connectivity index (χ0v) is 37.2. The molecule has 64 heavy (non-hydrogen) atoms. The van der Waals surface area contributed by atoms with Crippen molar-refractivity contribution in [2.24, 2.45) is 0 Å². The van der Waals surface area contributed by atoms with Crippen molar-refractivity contribution in [3.63, 3.8) is 0 Å². The lowest BCUT2D eigenvalue weighted by atomic mass is 10.0. The smallest absolute Gasteiger partial charge is 0.408 e. The molecule has 2 aromatic heterocycles. The third-order valence-electron chi connectivity index (χ3n) is 11.4. The molecular formula is C50H56N8O6. The summed E-state index contributed by atoms with van der Waals surface area (Å²) in [5, 5.41) is 5.64. The molecule has 0 bridgehead atoms. The molecule has 0 unspecified atom stereocenters. The topological polar surface area (TPSA) is 175 Å². The standard InChI is InChI=1S/C50H56N8O6/c1-49(2,3)63-47(61)55-41(33-15-9-7-10-16-33)45(59)57-27-13-19-39(57)43-51-30-38(54-43)32-23-21-31(22-24-32)35-25-26-36-37(29-35)53-44(52-36)40-20-14-28-58(40)46(60)42(34-17-11-8-12-18-34)56-48(62)64-50(4,5)6/h7-12,15-18,21-26,29-30,39-42H,13-14,19-20,27-28H2,1-6H3,(H,51,54)(H,52,53)(H,55,61)(H,56,62)/t39-,40-,41+,42+/m0/s1. The highest BCUT2D eigenvalue weighted by Gasteiger charge is 2.39. The molecule has 0 spiro atoms. The lowest BCUT2D eigenvalue weighted by Crippen LogP contribution is -2.44. The lowest BCUT2D eigenvalue weighted by molar-refractivity contribution is -0.135. The fraction of sp³-hybridized carbons (Fsp3) is 0.360. The number of H-pyrrole nitrogens is 2. The SMILES string of the molecule is CC(C)(C)OC(=O)N[C@@H](C(=O)N1CCC[C@H]1c1ncc(-c2ccc(-c3ccc4nc([C@@H]5CCCN5C(=O)[C@H](NC(=O)OC(C)(C)C)c5ccccc5)[nH]c4c3)cc2)[nH]1)c1ccccc1. The van der Waals surface area contributed by atoms with Gasteiger partial charge in [0.25, 0.3) is 11.8 Å². The van der Waals surface area contributed by atoms with Crippen LogP contribution in [0.25, 0.3) is 33.4 Å². The van der Waals surface area contributed by atoms with Crippen molar-refractivity contribution in [1.82, 2.24) is 40.4 Å². The molecule has 4 aromatic carbocycles. The van der Waals surface area contributed by atoms with Gasteiger partial charge in [-0.3, -0.25) is 9.59 Å². The number of likely N-dealkylation sites (tertiary alicyclic amines) is 2. The number of imidazole rings is 2. The second kappa shape index (κ2) is 18.0. The molecule has 14 nitrogen and oxygen atoms in total. The van der Waals surface area contributed by atoms with Gasteiger partial charge in [0.05, 0.1) is 35.0 Å². The van der Waals surface area contributed by atoms with E-state index in [2.05, 4.69) is 38.8 Å². The first kappa shape index (κ1) is 43.7. The first-order chi connectivity index (χ1) is 30.6. The quantitative estimate of drug-likeness (QED) is 0.105. The van der Waals surface area contributed by atoms with E-state index in [9.17, 15) is 19.2 Å². The van der Waals surface area contributed by atoms with E-state index < -0.39 is 35.5 Å². The molecule has 2 saturated heterocycles. The van der Waals surface area contributed by atoms with E-state index in [1.807, 2.05) is 84.9 Å². The highest BCUT2D eigenvalue weighted by molar-refractivity contribution is 5.89. The number of carbonyl (C=O) groups excluding carboxylic acids is 4. The molecule has 8 rings (SSSR count). The van der Waals surface area contributed by atoms with Gasteiger partial charge in [-0.25, -0.2) is 19.6 Å². The molecule has 6 aromatic rings. The zero-order valence-electron chi connectivity index (χ0n) is 37.2. The first-order valence-corrected chi connectivity index (χ1v) is 22.0. The maximum Gasteiger partial charge on any atom is 0.408 e. The van der Waals surface area contributed by atoms with Crippen LogP contribution in [0, 0.1) is 0 Å². The fourth-order valence-electron chi connectivity index (χ4n) is 8.54. The van der Waals surface area contributed by atoms with E-state index in [1.54, 1.807) is 57.5 Å². The van der Waals surface area contributed by atoms with Crippen LogP contribution in [-0.4, -0.2) is 78.0 Å². The zero-order chi connectivity index (χ0) is 45.2. The Kier molecular flexibility index (Phi) is 12.3. The fourth-order valence-corrected chi connectivity index (χ4v) is 8.54. The van der Waals surface area contributed by atoms with Gasteiger partial charge in [-0.1, -0.05) is 91.0 Å². The molecule has 2 fully saturated rings. The number of hydrogen-bond donors (Lipinski definition) is 4. The Morgan fingerprint density at radius 1 is 0.625 bits per heavy atom. The molecule has 4 heterocycles. The van der Waals surface area contributed by atoms with Crippen molar-refractivity contribution in [2.75, 3.05) is 13.1 Å². The Morgan fingerprint density at radius 3 is 1.62 bits per heavy atom. The van der Waals surface area contributed by atoms with Gasteiger partial charge >= 0.3 is 12.2 Å². The predicted octanol–water partition coefficient (Wildman–Crippen LogP) is 9.48. The number of fused-ring (bicyclic) bond motifs is 1. The summed E-state index contributed by atoms with van der Waals surface area (Å²) in [5.74, 6) is 0.946. The van der Waals surface area contributed by atoms with E-state index in [0.29, 0.717) is 35.9 Å². The minimum atomic E-state index is -0.918. The number of aromatic nitrogens is 4. The average Bonchev–Trinajstić information content (AvgIpc) is 4.10. The molecule has 2 aliphatic rings. The van der Waals surface area contributed by atoms with Crippen LogP contribution in [0.4, 0.5) is 9.59 Å². The summed E-state index contributed by atoms with van der Waals surface area (Å²) in [6.45, 7) is 11.8. The first-order valence-electron chi connectivity index (χ1n) is 22.0. The van der Waals surface area contributed by atoms with E-state index in [-0.39, 0.29) is 23.9 Å². The van der Waals surface area contributed by atoms with E-state index in [1.165, 1.54) is 0 Å². The van der Waals surface area contributed by atoms with Crippen LogP contribution in [0.1, 0.15) is 114 Å². The summed E-state index contributed by atoms with van der Waals surface area (Å²) in [6, 6.07) is 30.3. The second-order valence-corrected chi connectivity index (χ2v) is 18.5. The molecule has 4 N–H and O–H groups in total. The van der Waals surface area contributed by atoms with Crippen molar-refractivity contribution in [2.45, 2.75) is 103 Å². The van der Waals surface area contributed by atoms with Gasteiger partial charge in [-0.15, -0.1) is 0 Å². The molecule has 0 radical (unpaired) electrons. The molecule has 4 atom stereocenters. The average molecular weight is 865 g/mol. The third-order valence-corrected chi connectivity index (χ3v) is 11.4. The number of carbonyl (C=O) groups is 4. The maximum absolute atomic E-state index is 14.2. The van der Waals surface area contributed by atoms with Gasteiger partial charge < -0.3 is 39.9 Å². The lowest BCUT2D eigenvalue weighted by Gasteiger charge is -2.29. The van der Waals surface area contributed by atoms with E-state index >= 15 is 0 Å².